The summed E-state index contributed by atoms with van der Waals surface area (Å²) < 4.78 is 29.5. The van der Waals surface area contributed by atoms with Crippen molar-refractivity contribution in [3.8, 4) is 0 Å². The van der Waals surface area contributed by atoms with E-state index in [1.807, 2.05) is 56.7 Å². The van der Waals surface area contributed by atoms with E-state index in [1.165, 1.54) is 0 Å². The van der Waals surface area contributed by atoms with Gasteiger partial charge in [0.25, 0.3) is 0 Å². The smallest absolute Gasteiger partial charge is 0.248 e. The minimum Gasteiger partial charge on any atom is -0.343 e. The summed E-state index contributed by atoms with van der Waals surface area (Å²) >= 11 is 0. The number of piperazine rings is 1. The van der Waals surface area contributed by atoms with Gasteiger partial charge in [-0.05, 0) is 57.7 Å². The van der Waals surface area contributed by atoms with E-state index < -0.39 is 11.5 Å². The monoisotopic (exact) mass is 461 g/mol. The number of hydrogen-bond donors (Lipinski definition) is 1. The Morgan fingerprint density at radius 3 is 2.64 bits per heavy atom. The van der Waals surface area contributed by atoms with Crippen LogP contribution in [0.4, 0.5) is 8.78 Å². The molecule has 1 aliphatic carbocycles. The van der Waals surface area contributed by atoms with E-state index in [9.17, 15) is 13.6 Å². The Morgan fingerprint density at radius 2 is 1.94 bits per heavy atom. The molecule has 0 aromatic carbocycles. The van der Waals surface area contributed by atoms with Gasteiger partial charge in [0, 0.05) is 45.2 Å². The van der Waals surface area contributed by atoms with Crippen molar-refractivity contribution in [2.75, 3.05) is 33.2 Å². The van der Waals surface area contributed by atoms with Crippen LogP contribution in [-0.2, 0) is 10.3 Å². The second-order valence-corrected chi connectivity index (χ2v) is 11.1. The largest absolute Gasteiger partial charge is 0.343 e. The van der Waals surface area contributed by atoms with Crippen molar-refractivity contribution in [2.24, 2.45) is 5.41 Å². The average Bonchev–Trinajstić information content (AvgIpc) is 3.18. The molecule has 1 aliphatic heterocycles. The van der Waals surface area contributed by atoms with Gasteiger partial charge in [0.1, 0.15) is 11.9 Å². The summed E-state index contributed by atoms with van der Waals surface area (Å²) in [7, 11) is 2.02. The summed E-state index contributed by atoms with van der Waals surface area (Å²) in [6.45, 7) is 11.0. The standard InChI is InChI=1S/C25H37F2N5O/c1-18-7-6-12-32-19(18)15-28-22(32)23(2,3)29-21(33)20-16-30(5)13-14-31(20)17-24(4)8-10-25(26,27)11-9-24/h6-7,12,15,20H,8-11,13-14,16-17H2,1-5H3,(H,29,33)/t20-/m0/s1. The molecule has 0 radical (unpaired) electrons. The molecular formula is C25H37F2N5O. The van der Waals surface area contributed by atoms with Crippen LogP contribution in [0, 0.1) is 12.3 Å². The minimum absolute atomic E-state index is 0.0410. The number of amides is 1. The fraction of sp³-hybridized carbons (Fsp3) is 0.680. The van der Waals surface area contributed by atoms with Gasteiger partial charge in [0.2, 0.25) is 11.8 Å². The van der Waals surface area contributed by atoms with Crippen LogP contribution in [0.2, 0.25) is 0 Å². The van der Waals surface area contributed by atoms with Crippen LogP contribution < -0.4 is 5.32 Å². The number of aryl methyl sites for hydroxylation is 1. The van der Waals surface area contributed by atoms with Crippen LogP contribution in [0.1, 0.15) is 57.8 Å². The molecule has 2 aromatic heterocycles. The number of pyridine rings is 1. The second-order valence-electron chi connectivity index (χ2n) is 11.1. The predicted octanol–water partition coefficient (Wildman–Crippen LogP) is 3.83. The van der Waals surface area contributed by atoms with Crippen molar-refractivity contribution in [1.29, 1.82) is 0 Å². The summed E-state index contributed by atoms with van der Waals surface area (Å²) in [4.78, 5) is 22.6. The molecule has 1 atom stereocenters. The lowest BCUT2D eigenvalue weighted by Crippen LogP contribution is -2.62. The summed E-state index contributed by atoms with van der Waals surface area (Å²) in [5.41, 5.74) is 1.29. The Labute approximate surface area is 195 Å². The first-order valence-electron chi connectivity index (χ1n) is 11.9. The number of nitrogens with zero attached hydrogens (tertiary/aromatic N) is 4. The SMILES string of the molecule is Cc1cccn2c(C(C)(C)NC(=O)[C@@H]3CN(C)CCN3CC3(C)CCC(F)(F)CC3)ncc12. The number of imidazole rings is 1. The topological polar surface area (TPSA) is 52.9 Å². The molecule has 3 heterocycles. The van der Waals surface area contributed by atoms with Gasteiger partial charge < -0.3 is 14.6 Å². The Hall–Kier alpha value is -2.06. The maximum Gasteiger partial charge on any atom is 0.248 e. The Bertz CT molecular complexity index is 1010. The number of hydrogen-bond acceptors (Lipinski definition) is 4. The van der Waals surface area contributed by atoms with E-state index >= 15 is 0 Å². The zero-order valence-corrected chi connectivity index (χ0v) is 20.5. The predicted molar refractivity (Wildman–Crippen MR) is 125 cm³/mol. The van der Waals surface area contributed by atoms with Crippen molar-refractivity contribution in [3.05, 3.63) is 35.9 Å². The highest BCUT2D eigenvalue weighted by Gasteiger charge is 2.44. The van der Waals surface area contributed by atoms with Crippen LogP contribution in [0.3, 0.4) is 0 Å². The van der Waals surface area contributed by atoms with Crippen LogP contribution in [0.15, 0.2) is 24.5 Å². The molecule has 0 bridgehead atoms. The van der Waals surface area contributed by atoms with E-state index in [-0.39, 0.29) is 30.2 Å². The number of carbonyl (C=O) groups excluding carboxylic acids is 1. The number of alkyl halides is 2. The van der Waals surface area contributed by atoms with Gasteiger partial charge in [-0.3, -0.25) is 9.69 Å². The molecule has 2 aliphatic rings. The first-order chi connectivity index (χ1) is 15.4. The van der Waals surface area contributed by atoms with E-state index in [1.54, 1.807) is 0 Å². The molecule has 1 amide bonds. The summed E-state index contributed by atoms with van der Waals surface area (Å²) in [6.07, 6.45) is 4.68. The quantitative estimate of drug-likeness (QED) is 0.736. The van der Waals surface area contributed by atoms with E-state index in [2.05, 4.69) is 27.0 Å². The van der Waals surface area contributed by atoms with Crippen molar-refractivity contribution in [2.45, 2.75) is 70.9 Å². The molecule has 182 valence electrons. The van der Waals surface area contributed by atoms with Crippen molar-refractivity contribution >= 4 is 11.4 Å². The van der Waals surface area contributed by atoms with Gasteiger partial charge in [-0.15, -0.1) is 0 Å². The zero-order chi connectivity index (χ0) is 24.0. The van der Waals surface area contributed by atoms with E-state index in [4.69, 9.17) is 0 Å². The fourth-order valence-corrected chi connectivity index (χ4v) is 5.33. The average molecular weight is 462 g/mol. The molecule has 1 saturated heterocycles. The Kier molecular flexibility index (Phi) is 6.29. The van der Waals surface area contributed by atoms with E-state index in [0.29, 0.717) is 25.9 Å². The third-order valence-electron chi connectivity index (χ3n) is 7.55. The lowest BCUT2D eigenvalue weighted by Gasteiger charge is -2.46. The highest BCUT2D eigenvalue weighted by molar-refractivity contribution is 5.83. The van der Waals surface area contributed by atoms with Crippen LogP contribution in [0.25, 0.3) is 5.52 Å². The zero-order valence-electron chi connectivity index (χ0n) is 20.5. The van der Waals surface area contributed by atoms with Crippen LogP contribution in [-0.4, -0.2) is 70.3 Å². The number of rotatable bonds is 5. The van der Waals surface area contributed by atoms with Gasteiger partial charge in [-0.1, -0.05) is 13.0 Å². The van der Waals surface area contributed by atoms with Gasteiger partial charge in [0.15, 0.2) is 0 Å². The van der Waals surface area contributed by atoms with Crippen LogP contribution in [0.5, 0.6) is 0 Å². The molecule has 0 spiro atoms. The lowest BCUT2D eigenvalue weighted by atomic mass is 9.73. The maximum absolute atomic E-state index is 13.7. The molecule has 6 nitrogen and oxygen atoms in total. The third-order valence-corrected chi connectivity index (χ3v) is 7.55. The number of carbonyl (C=O) groups is 1. The fourth-order valence-electron chi connectivity index (χ4n) is 5.33. The number of nitrogens with one attached hydrogen (secondary N) is 1. The lowest BCUT2D eigenvalue weighted by molar-refractivity contribution is -0.132. The maximum atomic E-state index is 13.7. The van der Waals surface area contributed by atoms with Crippen LogP contribution >= 0.6 is 0 Å². The van der Waals surface area contributed by atoms with Gasteiger partial charge in [0.05, 0.1) is 17.3 Å². The normalized spacial score (nSPS) is 24.2. The molecule has 1 N–H and O–H groups in total. The van der Waals surface area contributed by atoms with Crippen molar-refractivity contribution in [1.82, 2.24) is 24.5 Å². The highest BCUT2D eigenvalue weighted by atomic mass is 19.3. The number of fused-ring (bicyclic) bond motifs is 1. The summed E-state index contributed by atoms with van der Waals surface area (Å²) in [5, 5.41) is 3.24. The van der Waals surface area contributed by atoms with Crippen molar-refractivity contribution in [3.63, 3.8) is 0 Å². The summed E-state index contributed by atoms with van der Waals surface area (Å²) in [5.74, 6) is -1.80. The van der Waals surface area contributed by atoms with Crippen molar-refractivity contribution < 1.29 is 13.6 Å². The molecule has 2 fully saturated rings. The summed E-state index contributed by atoms with van der Waals surface area (Å²) in [6, 6.07) is 3.71. The molecule has 8 heteroatoms. The number of halogens is 2. The third kappa shape index (κ3) is 5.06. The second kappa shape index (κ2) is 8.62. The van der Waals surface area contributed by atoms with Gasteiger partial charge in [-0.2, -0.15) is 0 Å². The Morgan fingerprint density at radius 1 is 1.24 bits per heavy atom. The highest BCUT2D eigenvalue weighted by Crippen LogP contribution is 2.44. The molecule has 0 unspecified atom stereocenters. The molecule has 2 aromatic rings. The minimum atomic E-state index is -2.55. The number of likely N-dealkylation sites (N-methyl/N-ethyl adjacent to an activating group) is 1. The molecule has 33 heavy (non-hydrogen) atoms. The van der Waals surface area contributed by atoms with E-state index in [0.717, 1.165) is 30.0 Å². The van der Waals surface area contributed by atoms with Gasteiger partial charge in [-0.25, -0.2) is 13.8 Å². The van der Waals surface area contributed by atoms with Gasteiger partial charge >= 0.3 is 0 Å². The molecule has 4 rings (SSSR count). The first kappa shape index (κ1) is 24.1. The number of aromatic nitrogens is 2. The molecule has 1 saturated carbocycles. The molecular weight excluding hydrogens is 424 g/mol. The Balaban J connectivity index is 1.51. The first-order valence-corrected chi connectivity index (χ1v) is 11.9.